The Balaban J connectivity index is 1.98. The molecule has 1 aliphatic rings. The van der Waals surface area contributed by atoms with Crippen molar-refractivity contribution in [2.45, 2.75) is 38.1 Å². The first-order valence-corrected chi connectivity index (χ1v) is 11.5. The monoisotopic (exact) mass is 480 g/mol. The number of allylic oxidation sites excluding steroid dienone is 1. The van der Waals surface area contributed by atoms with E-state index in [0.29, 0.717) is 34.2 Å². The summed E-state index contributed by atoms with van der Waals surface area (Å²) in [4.78, 5) is 11.8. The van der Waals surface area contributed by atoms with Gasteiger partial charge in [0.05, 0.1) is 12.2 Å². The average molecular weight is 481 g/mol. The standard InChI is InChI=1S/C24H23F3O5S/c1-5-31-22(28)17-8-6-16(7-9-17)15(2)18-10-11-20-19(14-18)21(12-13-23(20,3)4)32-33(29,30)24(25,26)27/h6-12,14H,2,5,13H2,1,3-4H3. The Morgan fingerprint density at radius 3 is 2.21 bits per heavy atom. The number of hydrogen-bond donors (Lipinski definition) is 0. The number of carbonyl (C=O) groups is 1. The second-order valence-corrected chi connectivity index (χ2v) is 9.71. The summed E-state index contributed by atoms with van der Waals surface area (Å²) >= 11 is 0. The maximum Gasteiger partial charge on any atom is 0.534 e. The molecule has 0 atom stereocenters. The van der Waals surface area contributed by atoms with Crippen LogP contribution < -0.4 is 0 Å². The predicted molar refractivity (Wildman–Crippen MR) is 119 cm³/mol. The molecule has 0 N–H and O–H groups in total. The minimum absolute atomic E-state index is 0.251. The Kier molecular flexibility index (Phi) is 6.48. The first kappa shape index (κ1) is 24.6. The fraction of sp³-hybridized carbons (Fsp3) is 0.292. The predicted octanol–water partition coefficient (Wildman–Crippen LogP) is 5.81. The van der Waals surface area contributed by atoms with E-state index in [1.807, 2.05) is 13.8 Å². The van der Waals surface area contributed by atoms with Gasteiger partial charge in [0.2, 0.25) is 0 Å². The van der Waals surface area contributed by atoms with Crippen molar-refractivity contribution in [3.8, 4) is 0 Å². The molecule has 0 saturated carbocycles. The molecule has 0 aliphatic heterocycles. The van der Waals surface area contributed by atoms with Crippen molar-refractivity contribution >= 4 is 27.4 Å². The molecule has 0 aromatic heterocycles. The summed E-state index contributed by atoms with van der Waals surface area (Å²) in [5.41, 5.74) is -2.92. The summed E-state index contributed by atoms with van der Waals surface area (Å²) in [5.74, 6) is -0.822. The van der Waals surface area contributed by atoms with Gasteiger partial charge >= 0.3 is 21.6 Å². The Hall–Kier alpha value is -3.07. The largest absolute Gasteiger partial charge is 0.534 e. The molecule has 0 saturated heterocycles. The van der Waals surface area contributed by atoms with Gasteiger partial charge in [0.15, 0.2) is 0 Å². The molecule has 0 heterocycles. The molecule has 0 amide bonds. The van der Waals surface area contributed by atoms with Crippen molar-refractivity contribution in [3.05, 3.63) is 82.9 Å². The van der Waals surface area contributed by atoms with E-state index in [-0.39, 0.29) is 17.9 Å². The molecule has 0 spiro atoms. The first-order chi connectivity index (χ1) is 15.3. The second kappa shape index (κ2) is 8.70. The third-order valence-electron chi connectivity index (χ3n) is 5.39. The minimum Gasteiger partial charge on any atom is -0.462 e. The number of ether oxygens (including phenoxy) is 1. The molecule has 2 aromatic rings. The Bertz CT molecular complexity index is 1220. The fourth-order valence-electron chi connectivity index (χ4n) is 3.53. The molecule has 9 heteroatoms. The lowest BCUT2D eigenvalue weighted by Crippen LogP contribution is -2.28. The van der Waals surface area contributed by atoms with Crippen molar-refractivity contribution in [2.75, 3.05) is 6.61 Å². The topological polar surface area (TPSA) is 69.7 Å². The molecule has 0 radical (unpaired) electrons. The zero-order valence-corrected chi connectivity index (χ0v) is 19.1. The fourth-order valence-corrected chi connectivity index (χ4v) is 4.02. The lowest BCUT2D eigenvalue weighted by atomic mass is 9.74. The van der Waals surface area contributed by atoms with Gasteiger partial charge in [-0.3, -0.25) is 0 Å². The maximum atomic E-state index is 12.9. The Morgan fingerprint density at radius 2 is 1.64 bits per heavy atom. The summed E-state index contributed by atoms with van der Waals surface area (Å²) < 4.78 is 71.4. The minimum atomic E-state index is -5.81. The second-order valence-electron chi connectivity index (χ2n) is 8.18. The highest BCUT2D eigenvalue weighted by Gasteiger charge is 2.49. The van der Waals surface area contributed by atoms with Crippen LogP contribution in [0, 0.1) is 0 Å². The molecule has 2 aromatic carbocycles. The van der Waals surface area contributed by atoms with Crippen LogP contribution in [0.25, 0.3) is 11.3 Å². The van der Waals surface area contributed by atoms with Crippen molar-refractivity contribution in [2.24, 2.45) is 0 Å². The quantitative estimate of drug-likeness (QED) is 0.296. The summed E-state index contributed by atoms with van der Waals surface area (Å²) in [5, 5.41) is 0. The number of halogens is 3. The van der Waals surface area contributed by atoms with E-state index in [0.717, 1.165) is 0 Å². The van der Waals surface area contributed by atoms with Crippen LogP contribution in [0.2, 0.25) is 0 Å². The highest BCUT2D eigenvalue weighted by atomic mass is 32.2. The number of rotatable bonds is 6. The summed E-state index contributed by atoms with van der Waals surface area (Å²) in [6.07, 6.45) is 1.66. The van der Waals surface area contributed by atoms with Gasteiger partial charge in [-0.15, -0.1) is 0 Å². The third kappa shape index (κ3) is 4.98. The van der Waals surface area contributed by atoms with E-state index < -0.39 is 27.0 Å². The Labute approximate surface area is 190 Å². The molecular weight excluding hydrogens is 457 g/mol. The molecule has 0 unspecified atom stereocenters. The maximum absolute atomic E-state index is 12.9. The van der Waals surface area contributed by atoms with E-state index >= 15 is 0 Å². The van der Waals surface area contributed by atoms with Crippen molar-refractivity contribution in [1.82, 2.24) is 0 Å². The van der Waals surface area contributed by atoms with Crippen molar-refractivity contribution < 1.29 is 35.3 Å². The molecule has 0 bridgehead atoms. The van der Waals surface area contributed by atoms with Crippen LogP contribution in [0.15, 0.2) is 55.1 Å². The highest BCUT2D eigenvalue weighted by molar-refractivity contribution is 7.87. The number of esters is 1. The summed E-state index contributed by atoms with van der Waals surface area (Å²) in [6.45, 7) is 9.82. The lowest BCUT2D eigenvalue weighted by Gasteiger charge is -2.32. The van der Waals surface area contributed by atoms with Gasteiger partial charge in [-0.25, -0.2) is 4.79 Å². The van der Waals surface area contributed by atoms with E-state index in [1.165, 1.54) is 6.08 Å². The number of benzene rings is 2. The Morgan fingerprint density at radius 1 is 1.06 bits per heavy atom. The van der Waals surface area contributed by atoms with Crippen molar-refractivity contribution in [3.63, 3.8) is 0 Å². The molecule has 1 aliphatic carbocycles. The summed E-state index contributed by atoms with van der Waals surface area (Å²) in [7, 11) is -5.81. The average Bonchev–Trinajstić information content (AvgIpc) is 2.74. The van der Waals surface area contributed by atoms with Crippen LogP contribution in [0.3, 0.4) is 0 Å². The molecule has 0 fully saturated rings. The van der Waals surface area contributed by atoms with Gasteiger partial charge in [0, 0.05) is 5.56 Å². The zero-order valence-electron chi connectivity index (χ0n) is 18.3. The van der Waals surface area contributed by atoms with Gasteiger partial charge < -0.3 is 8.92 Å². The van der Waals surface area contributed by atoms with E-state index in [2.05, 4.69) is 10.8 Å². The van der Waals surface area contributed by atoms with Gasteiger partial charge in [-0.05, 0) is 65.3 Å². The summed E-state index contributed by atoms with van der Waals surface area (Å²) in [6, 6.07) is 11.6. The van der Waals surface area contributed by atoms with Gasteiger partial charge in [-0.1, -0.05) is 44.7 Å². The van der Waals surface area contributed by atoms with Crippen LogP contribution in [0.1, 0.15) is 59.8 Å². The lowest BCUT2D eigenvalue weighted by molar-refractivity contribution is -0.0509. The van der Waals surface area contributed by atoms with Crippen LogP contribution in [0.5, 0.6) is 0 Å². The van der Waals surface area contributed by atoms with Crippen LogP contribution in [-0.2, 0) is 24.5 Å². The third-order valence-corrected chi connectivity index (χ3v) is 6.35. The van der Waals surface area contributed by atoms with Gasteiger partial charge in [0.25, 0.3) is 0 Å². The number of carbonyl (C=O) groups excluding carboxylic acids is 1. The van der Waals surface area contributed by atoms with E-state index in [4.69, 9.17) is 4.74 Å². The highest BCUT2D eigenvalue weighted by Crippen LogP contribution is 2.42. The van der Waals surface area contributed by atoms with E-state index in [1.54, 1.807) is 49.4 Å². The molecular formula is C24H23F3O5S. The van der Waals surface area contributed by atoms with Crippen LogP contribution in [-0.4, -0.2) is 26.5 Å². The van der Waals surface area contributed by atoms with Crippen LogP contribution in [0.4, 0.5) is 13.2 Å². The molecule has 176 valence electrons. The molecule has 3 rings (SSSR count). The van der Waals surface area contributed by atoms with Gasteiger partial charge in [-0.2, -0.15) is 21.6 Å². The van der Waals surface area contributed by atoms with E-state index in [9.17, 15) is 26.4 Å². The zero-order chi connectivity index (χ0) is 24.6. The number of hydrogen-bond acceptors (Lipinski definition) is 5. The normalized spacial score (nSPS) is 15.3. The van der Waals surface area contributed by atoms with Crippen molar-refractivity contribution in [1.29, 1.82) is 0 Å². The number of alkyl halides is 3. The first-order valence-electron chi connectivity index (χ1n) is 10.1. The molecule has 33 heavy (non-hydrogen) atoms. The smallest absolute Gasteiger partial charge is 0.462 e. The number of fused-ring (bicyclic) bond motifs is 1. The van der Waals surface area contributed by atoms with Crippen LogP contribution >= 0.6 is 0 Å². The molecule has 5 nitrogen and oxygen atoms in total. The SMILES string of the molecule is C=C(c1ccc(C(=O)OCC)cc1)c1ccc2c(c1)C(OS(=O)(=O)C(F)(F)F)=CCC2(C)C. The van der Waals surface area contributed by atoms with Gasteiger partial charge in [0.1, 0.15) is 5.76 Å².